The fourth-order valence-electron chi connectivity index (χ4n) is 3.13. The van der Waals surface area contributed by atoms with Crippen LogP contribution in [0.25, 0.3) is 12.2 Å². The van der Waals surface area contributed by atoms with Gasteiger partial charge in [0.15, 0.2) is 11.5 Å². The van der Waals surface area contributed by atoms with Gasteiger partial charge in [0.2, 0.25) is 5.89 Å². The summed E-state index contributed by atoms with van der Waals surface area (Å²) in [5.74, 6) is 1.91. The van der Waals surface area contributed by atoms with E-state index >= 15 is 0 Å². The summed E-state index contributed by atoms with van der Waals surface area (Å²) in [6.45, 7) is 1.12. The molecule has 4 rings (SSSR count). The number of aryl methyl sites for hydroxylation is 2. The average molecular weight is 416 g/mol. The van der Waals surface area contributed by atoms with Crippen molar-refractivity contribution in [3.8, 4) is 11.5 Å². The van der Waals surface area contributed by atoms with Crippen LogP contribution in [0, 0.1) is 0 Å². The molecule has 0 saturated heterocycles. The van der Waals surface area contributed by atoms with Crippen molar-refractivity contribution in [1.29, 1.82) is 0 Å². The number of ether oxygens (including phenoxy) is 2. The summed E-state index contributed by atoms with van der Waals surface area (Å²) >= 11 is 0. The van der Waals surface area contributed by atoms with E-state index in [4.69, 9.17) is 13.9 Å². The van der Waals surface area contributed by atoms with Crippen molar-refractivity contribution in [2.75, 3.05) is 7.11 Å². The Labute approximate surface area is 181 Å². The van der Waals surface area contributed by atoms with Crippen molar-refractivity contribution in [2.24, 2.45) is 0 Å². The predicted octanol–water partition coefficient (Wildman–Crippen LogP) is 4.66. The van der Waals surface area contributed by atoms with Crippen molar-refractivity contribution in [2.45, 2.75) is 26.0 Å². The zero-order valence-corrected chi connectivity index (χ0v) is 17.3. The molecule has 0 aliphatic heterocycles. The zero-order valence-electron chi connectivity index (χ0n) is 17.3. The van der Waals surface area contributed by atoms with Gasteiger partial charge in [-0.3, -0.25) is 4.68 Å². The summed E-state index contributed by atoms with van der Waals surface area (Å²) in [6.07, 6.45) is 10.6. The molecule has 0 aliphatic rings. The molecule has 7 heteroatoms. The van der Waals surface area contributed by atoms with Crippen molar-refractivity contribution in [1.82, 2.24) is 19.7 Å². The Morgan fingerprint density at radius 2 is 1.97 bits per heavy atom. The third-order valence-electron chi connectivity index (χ3n) is 4.71. The van der Waals surface area contributed by atoms with Crippen LogP contribution in [0.4, 0.5) is 0 Å². The van der Waals surface area contributed by atoms with Gasteiger partial charge in [0.05, 0.1) is 7.11 Å². The van der Waals surface area contributed by atoms with Crippen molar-refractivity contribution >= 4 is 12.2 Å². The Balaban J connectivity index is 1.31. The largest absolute Gasteiger partial charge is 0.493 e. The Hall–Kier alpha value is -3.87. The molecule has 2 aromatic carbocycles. The van der Waals surface area contributed by atoms with Gasteiger partial charge in [-0.15, -0.1) is 0 Å². The molecule has 0 amide bonds. The van der Waals surface area contributed by atoms with E-state index in [-0.39, 0.29) is 0 Å². The fraction of sp³-hybridized carbons (Fsp3) is 0.208. The Morgan fingerprint density at radius 1 is 1.06 bits per heavy atom. The lowest BCUT2D eigenvalue weighted by molar-refractivity contribution is 0.280. The fourth-order valence-corrected chi connectivity index (χ4v) is 3.13. The van der Waals surface area contributed by atoms with Gasteiger partial charge in [-0.2, -0.15) is 5.10 Å². The highest BCUT2D eigenvalue weighted by molar-refractivity contribution is 5.65. The highest BCUT2D eigenvalue weighted by atomic mass is 16.5. The van der Waals surface area contributed by atoms with Crippen LogP contribution in [0.15, 0.2) is 71.9 Å². The van der Waals surface area contributed by atoms with E-state index < -0.39 is 0 Å². The number of rotatable bonds is 10. The maximum absolute atomic E-state index is 5.91. The first-order valence-corrected chi connectivity index (χ1v) is 10.1. The second kappa shape index (κ2) is 10.2. The molecule has 0 radical (unpaired) electrons. The van der Waals surface area contributed by atoms with Gasteiger partial charge in [0, 0.05) is 12.6 Å². The van der Waals surface area contributed by atoms with E-state index in [0.29, 0.717) is 29.7 Å². The van der Waals surface area contributed by atoms with Crippen LogP contribution < -0.4 is 9.47 Å². The van der Waals surface area contributed by atoms with E-state index in [1.165, 1.54) is 5.56 Å². The minimum Gasteiger partial charge on any atom is -0.493 e. The second-order valence-electron chi connectivity index (χ2n) is 6.96. The van der Waals surface area contributed by atoms with Crippen LogP contribution in [0.5, 0.6) is 11.5 Å². The summed E-state index contributed by atoms with van der Waals surface area (Å²) in [5.41, 5.74) is 2.98. The number of benzene rings is 2. The molecule has 0 N–H and O–H groups in total. The Kier molecular flexibility index (Phi) is 6.74. The number of hydrogen-bond donors (Lipinski definition) is 0. The minimum absolute atomic E-state index is 0.296. The molecular weight excluding hydrogens is 392 g/mol. The minimum atomic E-state index is 0.296. The summed E-state index contributed by atoms with van der Waals surface area (Å²) < 4.78 is 18.8. The van der Waals surface area contributed by atoms with Crippen LogP contribution in [0.3, 0.4) is 0 Å². The molecule has 0 bridgehead atoms. The average Bonchev–Trinajstić information content (AvgIpc) is 3.49. The van der Waals surface area contributed by atoms with Gasteiger partial charge in [-0.05, 0) is 42.2 Å². The normalized spacial score (nSPS) is 11.1. The molecule has 0 spiro atoms. The molecule has 0 atom stereocenters. The van der Waals surface area contributed by atoms with Gasteiger partial charge in [-0.1, -0.05) is 36.4 Å². The molecular formula is C24H24N4O3. The van der Waals surface area contributed by atoms with Crippen LogP contribution in [-0.4, -0.2) is 26.9 Å². The van der Waals surface area contributed by atoms with E-state index in [1.807, 2.05) is 59.3 Å². The van der Waals surface area contributed by atoms with Gasteiger partial charge < -0.3 is 13.9 Å². The lowest BCUT2D eigenvalue weighted by Crippen LogP contribution is -2.01. The maximum atomic E-state index is 5.91. The van der Waals surface area contributed by atoms with E-state index in [1.54, 1.807) is 26.0 Å². The van der Waals surface area contributed by atoms with E-state index in [0.717, 1.165) is 24.9 Å². The van der Waals surface area contributed by atoms with Gasteiger partial charge >= 0.3 is 0 Å². The van der Waals surface area contributed by atoms with Crippen molar-refractivity contribution < 1.29 is 13.9 Å². The third-order valence-corrected chi connectivity index (χ3v) is 4.71. The monoisotopic (exact) mass is 416 g/mol. The van der Waals surface area contributed by atoms with Crippen molar-refractivity contribution in [3.05, 3.63) is 90.2 Å². The molecule has 7 nitrogen and oxygen atoms in total. The first-order valence-electron chi connectivity index (χ1n) is 10.1. The first kappa shape index (κ1) is 20.4. The number of aromatic nitrogens is 4. The topological polar surface area (TPSA) is 75.2 Å². The number of nitrogens with zero attached hydrogens (tertiary/aromatic N) is 4. The lowest BCUT2D eigenvalue weighted by atomic mass is 10.1. The molecule has 158 valence electrons. The highest BCUT2D eigenvalue weighted by Gasteiger charge is 2.08. The van der Waals surface area contributed by atoms with Crippen LogP contribution in [0.1, 0.15) is 29.1 Å². The number of oxazole rings is 1. The number of hydrogen-bond acceptors (Lipinski definition) is 6. The van der Waals surface area contributed by atoms with E-state index in [9.17, 15) is 0 Å². The maximum Gasteiger partial charge on any atom is 0.218 e. The van der Waals surface area contributed by atoms with Gasteiger partial charge in [-0.25, -0.2) is 9.97 Å². The zero-order chi connectivity index (χ0) is 21.3. The first-order chi connectivity index (χ1) is 15.3. The predicted molar refractivity (Wildman–Crippen MR) is 118 cm³/mol. The quantitative estimate of drug-likeness (QED) is 0.374. The van der Waals surface area contributed by atoms with Gasteiger partial charge in [0.25, 0.3) is 0 Å². The van der Waals surface area contributed by atoms with Crippen LogP contribution >= 0.6 is 0 Å². The summed E-state index contributed by atoms with van der Waals surface area (Å²) in [6, 6.07) is 16.0. The van der Waals surface area contributed by atoms with Crippen molar-refractivity contribution in [3.63, 3.8) is 0 Å². The molecule has 31 heavy (non-hydrogen) atoms. The summed E-state index contributed by atoms with van der Waals surface area (Å²) in [7, 11) is 1.64. The highest BCUT2D eigenvalue weighted by Crippen LogP contribution is 2.29. The van der Waals surface area contributed by atoms with Crippen LogP contribution in [0.2, 0.25) is 0 Å². The van der Waals surface area contributed by atoms with E-state index in [2.05, 4.69) is 21.1 Å². The molecule has 0 unspecified atom stereocenters. The Morgan fingerprint density at radius 3 is 2.77 bits per heavy atom. The molecule has 4 aromatic rings. The smallest absolute Gasteiger partial charge is 0.218 e. The van der Waals surface area contributed by atoms with Gasteiger partial charge in [0.1, 0.15) is 31.2 Å². The van der Waals surface area contributed by atoms with Crippen LogP contribution in [-0.2, 0) is 19.6 Å². The molecule has 0 fully saturated rings. The lowest BCUT2D eigenvalue weighted by Gasteiger charge is -2.11. The number of methoxy groups -OCH3 is 1. The Bertz CT molecular complexity index is 1110. The second-order valence-corrected chi connectivity index (χ2v) is 6.96. The molecule has 2 heterocycles. The molecule has 0 aliphatic carbocycles. The summed E-state index contributed by atoms with van der Waals surface area (Å²) in [4.78, 5) is 8.40. The molecule has 2 aromatic heterocycles. The SMILES string of the molecule is COc1cc(CCCn2cncn2)ccc1OCc1coc(C=Cc2ccccc2)n1. The third kappa shape index (κ3) is 5.82. The standard InChI is InChI=1S/C24H24N4O3/c1-29-23-14-20(8-5-13-28-18-25-17-26-28)9-11-22(23)30-15-21-16-31-24(27-21)12-10-19-6-3-2-4-7-19/h2-4,6-7,9-12,14,16-18H,5,8,13,15H2,1H3. The summed E-state index contributed by atoms with van der Waals surface area (Å²) in [5, 5.41) is 4.12. The molecule has 0 saturated carbocycles.